The third-order valence-corrected chi connectivity index (χ3v) is 2.64. The van der Waals surface area contributed by atoms with Gasteiger partial charge in [-0.3, -0.25) is 4.79 Å². The molecule has 0 saturated heterocycles. The van der Waals surface area contributed by atoms with Gasteiger partial charge in [0.15, 0.2) is 0 Å². The highest BCUT2D eigenvalue weighted by Gasteiger charge is 2.09. The minimum atomic E-state index is -0.222. The van der Waals surface area contributed by atoms with Gasteiger partial charge in [0.1, 0.15) is 12.7 Å². The van der Waals surface area contributed by atoms with E-state index in [-0.39, 0.29) is 11.9 Å². The first-order valence-corrected chi connectivity index (χ1v) is 5.64. The minimum Gasteiger partial charge on any atom is -0.325 e. The van der Waals surface area contributed by atoms with Gasteiger partial charge in [-0.1, -0.05) is 0 Å². The number of hydrogen-bond donors (Lipinski definition) is 2. The molecule has 1 heterocycles. The Kier molecular flexibility index (Phi) is 3.69. The van der Waals surface area contributed by atoms with Crippen molar-refractivity contribution >= 4 is 11.6 Å². The molecule has 1 aromatic carbocycles. The number of anilines is 1. The lowest BCUT2D eigenvalue weighted by Crippen LogP contribution is -2.35. The number of likely N-dealkylation sites (N-methyl/N-ethyl adjacent to an activating group) is 1. The van der Waals surface area contributed by atoms with Crippen LogP contribution in [0, 0.1) is 0 Å². The van der Waals surface area contributed by atoms with Crippen LogP contribution in [0.3, 0.4) is 0 Å². The van der Waals surface area contributed by atoms with Crippen LogP contribution in [0.15, 0.2) is 36.9 Å². The molecule has 1 atom stereocenters. The summed E-state index contributed by atoms with van der Waals surface area (Å²) in [5, 5.41) is 9.73. The summed E-state index contributed by atoms with van der Waals surface area (Å²) in [6.45, 7) is 1.80. The van der Waals surface area contributed by atoms with E-state index in [1.54, 1.807) is 25.0 Å². The number of aromatic nitrogens is 3. The van der Waals surface area contributed by atoms with Crippen molar-refractivity contribution in [1.29, 1.82) is 0 Å². The van der Waals surface area contributed by atoms with Crippen molar-refractivity contribution in [2.24, 2.45) is 0 Å². The average molecular weight is 245 g/mol. The fraction of sp³-hybridized carbons (Fsp3) is 0.250. The Hall–Kier alpha value is -2.21. The van der Waals surface area contributed by atoms with Crippen molar-refractivity contribution in [3.63, 3.8) is 0 Å². The number of hydrogen-bond acceptors (Lipinski definition) is 4. The second-order valence-corrected chi connectivity index (χ2v) is 3.89. The van der Waals surface area contributed by atoms with Gasteiger partial charge in [0, 0.05) is 5.69 Å². The first-order chi connectivity index (χ1) is 8.70. The van der Waals surface area contributed by atoms with E-state index >= 15 is 0 Å². The highest BCUT2D eigenvalue weighted by Crippen LogP contribution is 2.12. The van der Waals surface area contributed by atoms with Crippen LogP contribution in [0.5, 0.6) is 0 Å². The van der Waals surface area contributed by atoms with Gasteiger partial charge in [0.2, 0.25) is 5.91 Å². The Morgan fingerprint density at radius 2 is 2.06 bits per heavy atom. The number of carbonyl (C=O) groups is 1. The molecule has 18 heavy (non-hydrogen) atoms. The number of nitrogens with zero attached hydrogens (tertiary/aromatic N) is 3. The van der Waals surface area contributed by atoms with Crippen molar-refractivity contribution in [1.82, 2.24) is 20.1 Å². The zero-order valence-electron chi connectivity index (χ0n) is 10.3. The number of benzene rings is 1. The average Bonchev–Trinajstić information content (AvgIpc) is 2.92. The van der Waals surface area contributed by atoms with Gasteiger partial charge in [-0.15, -0.1) is 0 Å². The molecule has 2 aromatic rings. The molecule has 94 valence electrons. The fourth-order valence-electron chi connectivity index (χ4n) is 1.42. The Morgan fingerprint density at radius 3 is 2.61 bits per heavy atom. The molecule has 0 bridgehead atoms. The van der Waals surface area contributed by atoms with Crippen molar-refractivity contribution in [2.75, 3.05) is 12.4 Å². The molecule has 1 amide bonds. The molecule has 2 rings (SSSR count). The summed E-state index contributed by atoms with van der Waals surface area (Å²) >= 11 is 0. The molecule has 0 radical (unpaired) electrons. The number of amides is 1. The van der Waals surface area contributed by atoms with Crippen LogP contribution >= 0.6 is 0 Å². The summed E-state index contributed by atoms with van der Waals surface area (Å²) in [5.74, 6) is -0.0639. The van der Waals surface area contributed by atoms with Crippen molar-refractivity contribution in [2.45, 2.75) is 13.0 Å². The fourth-order valence-corrected chi connectivity index (χ4v) is 1.42. The molecule has 6 nitrogen and oxygen atoms in total. The third-order valence-electron chi connectivity index (χ3n) is 2.64. The molecule has 0 fully saturated rings. The summed E-state index contributed by atoms with van der Waals surface area (Å²) in [6, 6.07) is 7.18. The van der Waals surface area contributed by atoms with E-state index in [0.717, 1.165) is 11.4 Å². The summed E-state index contributed by atoms with van der Waals surface area (Å²) < 4.78 is 1.65. The van der Waals surface area contributed by atoms with E-state index < -0.39 is 0 Å². The smallest absolute Gasteiger partial charge is 0.241 e. The summed E-state index contributed by atoms with van der Waals surface area (Å²) in [5.41, 5.74) is 1.65. The zero-order valence-corrected chi connectivity index (χ0v) is 10.3. The Bertz CT molecular complexity index is 506. The quantitative estimate of drug-likeness (QED) is 0.836. The van der Waals surface area contributed by atoms with Gasteiger partial charge in [-0.2, -0.15) is 5.10 Å². The van der Waals surface area contributed by atoms with Crippen molar-refractivity contribution < 1.29 is 4.79 Å². The zero-order chi connectivity index (χ0) is 13.0. The Labute approximate surface area is 105 Å². The molecular weight excluding hydrogens is 230 g/mol. The predicted octanol–water partition coefficient (Wildman–Crippen LogP) is 0.814. The monoisotopic (exact) mass is 245 g/mol. The number of rotatable bonds is 4. The maximum Gasteiger partial charge on any atom is 0.241 e. The van der Waals surface area contributed by atoms with Crippen molar-refractivity contribution in [3.05, 3.63) is 36.9 Å². The maximum absolute atomic E-state index is 11.7. The standard InChI is InChI=1S/C12H15N5O/c1-9(13-2)12(18)16-10-3-5-11(6-4-10)17-8-14-7-15-17/h3-9,13H,1-2H3,(H,16,18). The molecule has 0 aliphatic heterocycles. The summed E-state index contributed by atoms with van der Waals surface area (Å²) in [6.07, 6.45) is 3.10. The van der Waals surface area contributed by atoms with Gasteiger partial charge in [-0.25, -0.2) is 9.67 Å². The molecule has 2 N–H and O–H groups in total. The molecular formula is C12H15N5O. The second kappa shape index (κ2) is 5.42. The van der Waals surface area contributed by atoms with Crippen LogP contribution in [-0.4, -0.2) is 33.8 Å². The third kappa shape index (κ3) is 2.72. The highest BCUT2D eigenvalue weighted by atomic mass is 16.2. The number of carbonyl (C=O) groups excluding carboxylic acids is 1. The van der Waals surface area contributed by atoms with E-state index in [1.165, 1.54) is 6.33 Å². The minimum absolute atomic E-state index is 0.0639. The molecule has 0 aliphatic rings. The topological polar surface area (TPSA) is 71.8 Å². The second-order valence-electron chi connectivity index (χ2n) is 3.89. The SMILES string of the molecule is CNC(C)C(=O)Nc1ccc(-n2cncn2)cc1. The first-order valence-electron chi connectivity index (χ1n) is 5.64. The van der Waals surface area contributed by atoms with Gasteiger partial charge in [-0.05, 0) is 38.2 Å². The Balaban J connectivity index is 2.06. The van der Waals surface area contributed by atoms with Crippen LogP contribution in [0.1, 0.15) is 6.92 Å². The van der Waals surface area contributed by atoms with Gasteiger partial charge in [0.05, 0.1) is 11.7 Å². The van der Waals surface area contributed by atoms with Crippen LogP contribution in [-0.2, 0) is 4.79 Å². The predicted molar refractivity (Wildman–Crippen MR) is 68.5 cm³/mol. The van der Waals surface area contributed by atoms with E-state index in [9.17, 15) is 4.79 Å². The van der Waals surface area contributed by atoms with E-state index in [2.05, 4.69) is 20.7 Å². The Morgan fingerprint density at radius 1 is 1.33 bits per heavy atom. The van der Waals surface area contributed by atoms with Crippen LogP contribution in [0.25, 0.3) is 5.69 Å². The summed E-state index contributed by atoms with van der Waals surface area (Å²) in [7, 11) is 1.75. The first kappa shape index (κ1) is 12.3. The molecule has 0 saturated carbocycles. The van der Waals surface area contributed by atoms with Crippen LogP contribution < -0.4 is 10.6 Å². The molecule has 1 aromatic heterocycles. The number of nitrogens with one attached hydrogen (secondary N) is 2. The van der Waals surface area contributed by atoms with Gasteiger partial charge in [0.25, 0.3) is 0 Å². The van der Waals surface area contributed by atoms with E-state index in [0.29, 0.717) is 0 Å². The molecule has 0 spiro atoms. The largest absolute Gasteiger partial charge is 0.325 e. The lowest BCUT2D eigenvalue weighted by atomic mass is 10.2. The van der Waals surface area contributed by atoms with Crippen LogP contribution in [0.4, 0.5) is 5.69 Å². The molecule has 0 aliphatic carbocycles. The summed E-state index contributed by atoms with van der Waals surface area (Å²) in [4.78, 5) is 15.5. The van der Waals surface area contributed by atoms with Gasteiger partial charge < -0.3 is 10.6 Å². The molecule has 6 heteroatoms. The van der Waals surface area contributed by atoms with E-state index in [1.807, 2.05) is 24.3 Å². The molecule has 1 unspecified atom stereocenters. The lowest BCUT2D eigenvalue weighted by molar-refractivity contribution is -0.117. The maximum atomic E-state index is 11.7. The van der Waals surface area contributed by atoms with E-state index in [4.69, 9.17) is 0 Å². The van der Waals surface area contributed by atoms with Crippen molar-refractivity contribution in [3.8, 4) is 5.69 Å². The highest BCUT2D eigenvalue weighted by molar-refractivity contribution is 5.94. The van der Waals surface area contributed by atoms with Crippen LogP contribution in [0.2, 0.25) is 0 Å². The van der Waals surface area contributed by atoms with Gasteiger partial charge >= 0.3 is 0 Å². The lowest BCUT2D eigenvalue weighted by Gasteiger charge is -2.11. The normalized spacial score (nSPS) is 12.1.